The van der Waals surface area contributed by atoms with Gasteiger partial charge in [0.15, 0.2) is 0 Å². The number of H-pyrrole nitrogens is 2. The van der Waals surface area contributed by atoms with Crippen molar-refractivity contribution >= 4 is 32.7 Å². The number of fused-ring (bicyclic) bond motifs is 1. The van der Waals surface area contributed by atoms with E-state index in [1.165, 1.54) is 0 Å². The van der Waals surface area contributed by atoms with Crippen LogP contribution in [-0.4, -0.2) is 36.2 Å². The number of aromatic amines is 2. The van der Waals surface area contributed by atoms with E-state index in [-0.39, 0.29) is 12.1 Å². The van der Waals surface area contributed by atoms with Crippen molar-refractivity contribution in [2.24, 2.45) is 0 Å². The summed E-state index contributed by atoms with van der Waals surface area (Å²) in [4.78, 5) is 27.6. The predicted octanol–water partition coefficient (Wildman–Crippen LogP) is 4.32. The SMILES string of the molecule is Cc1cc(-n2ccnc2)cc2[nH]c(-c3c(NCC(O)c4cccc(Br)c4)cc[nH]c3=O)nc12. The molecule has 5 rings (SSSR count). The minimum absolute atomic E-state index is 0.233. The Morgan fingerprint density at radius 3 is 2.91 bits per heavy atom. The second-order valence-corrected chi connectivity index (χ2v) is 8.68. The van der Waals surface area contributed by atoms with Crippen molar-refractivity contribution in [3.63, 3.8) is 0 Å². The summed E-state index contributed by atoms with van der Waals surface area (Å²) in [5.41, 5.74) is 5.00. The van der Waals surface area contributed by atoms with Gasteiger partial charge < -0.3 is 25.0 Å². The maximum Gasteiger partial charge on any atom is 0.261 e. The first-order valence-corrected chi connectivity index (χ1v) is 11.2. The number of aryl methyl sites for hydroxylation is 1. The van der Waals surface area contributed by atoms with Gasteiger partial charge in [-0.05, 0) is 48.4 Å². The Balaban J connectivity index is 1.49. The molecule has 0 aliphatic carbocycles. The van der Waals surface area contributed by atoms with E-state index in [1.54, 1.807) is 24.8 Å². The Morgan fingerprint density at radius 1 is 1.24 bits per heavy atom. The molecule has 8 nitrogen and oxygen atoms in total. The molecule has 0 aliphatic heterocycles. The molecule has 0 saturated carbocycles. The lowest BCUT2D eigenvalue weighted by atomic mass is 10.1. The minimum atomic E-state index is -0.745. The van der Waals surface area contributed by atoms with Gasteiger partial charge in [-0.2, -0.15) is 0 Å². The third-order valence-corrected chi connectivity index (χ3v) is 5.97. The maximum atomic E-state index is 12.8. The van der Waals surface area contributed by atoms with Gasteiger partial charge >= 0.3 is 0 Å². The monoisotopic (exact) mass is 504 g/mol. The van der Waals surface area contributed by atoms with Crippen LogP contribution in [0, 0.1) is 6.92 Å². The number of pyridine rings is 1. The van der Waals surface area contributed by atoms with Crippen LogP contribution in [0.2, 0.25) is 0 Å². The molecular formula is C24H21BrN6O2. The smallest absolute Gasteiger partial charge is 0.261 e. The summed E-state index contributed by atoms with van der Waals surface area (Å²) in [6.07, 6.45) is 6.16. The van der Waals surface area contributed by atoms with Gasteiger partial charge in [-0.25, -0.2) is 9.97 Å². The number of nitrogens with one attached hydrogen (secondary N) is 3. The van der Waals surface area contributed by atoms with Crippen molar-refractivity contribution in [2.45, 2.75) is 13.0 Å². The number of aromatic nitrogens is 5. The topological polar surface area (TPSA) is 112 Å². The number of anilines is 1. The molecule has 0 bridgehead atoms. The maximum absolute atomic E-state index is 12.8. The average molecular weight is 505 g/mol. The third-order valence-electron chi connectivity index (χ3n) is 5.48. The number of aliphatic hydroxyl groups is 1. The Labute approximate surface area is 197 Å². The first kappa shape index (κ1) is 21.2. The van der Waals surface area contributed by atoms with Crippen LogP contribution >= 0.6 is 15.9 Å². The highest BCUT2D eigenvalue weighted by atomic mass is 79.9. The molecule has 3 heterocycles. The van der Waals surface area contributed by atoms with Gasteiger partial charge in [-0.15, -0.1) is 0 Å². The molecule has 3 aromatic heterocycles. The van der Waals surface area contributed by atoms with Crippen LogP contribution in [0.25, 0.3) is 28.1 Å². The quantitative estimate of drug-likeness (QED) is 0.275. The largest absolute Gasteiger partial charge is 0.387 e. The summed E-state index contributed by atoms with van der Waals surface area (Å²) in [6, 6.07) is 13.3. The average Bonchev–Trinajstić information content (AvgIpc) is 3.48. The van der Waals surface area contributed by atoms with E-state index < -0.39 is 6.10 Å². The van der Waals surface area contributed by atoms with Gasteiger partial charge in [0.1, 0.15) is 11.4 Å². The van der Waals surface area contributed by atoms with Crippen LogP contribution in [0.4, 0.5) is 5.69 Å². The number of rotatable bonds is 6. The van der Waals surface area contributed by atoms with Crippen molar-refractivity contribution in [1.29, 1.82) is 0 Å². The number of hydrogen-bond acceptors (Lipinski definition) is 5. The minimum Gasteiger partial charge on any atom is -0.387 e. The lowest BCUT2D eigenvalue weighted by Crippen LogP contribution is -2.17. The van der Waals surface area contributed by atoms with Gasteiger partial charge in [-0.3, -0.25) is 4.79 Å². The van der Waals surface area contributed by atoms with E-state index in [0.717, 1.165) is 32.3 Å². The Kier molecular flexibility index (Phi) is 5.57. The first-order valence-electron chi connectivity index (χ1n) is 10.4. The first-order chi connectivity index (χ1) is 16.0. The molecule has 0 fully saturated rings. The lowest BCUT2D eigenvalue weighted by Gasteiger charge is -2.15. The molecule has 33 heavy (non-hydrogen) atoms. The van der Waals surface area contributed by atoms with Crippen molar-refractivity contribution in [2.75, 3.05) is 11.9 Å². The fourth-order valence-electron chi connectivity index (χ4n) is 3.85. The van der Waals surface area contributed by atoms with Crippen LogP contribution < -0.4 is 10.9 Å². The molecule has 166 valence electrons. The number of imidazole rings is 2. The van der Waals surface area contributed by atoms with Crippen LogP contribution in [0.1, 0.15) is 17.2 Å². The zero-order valence-corrected chi connectivity index (χ0v) is 19.3. The Bertz CT molecular complexity index is 1490. The standard InChI is InChI=1S/C24H21BrN6O2/c1-14-9-17(31-8-7-26-13-31)11-19-22(14)30-23(29-19)21-18(5-6-27-24(21)33)28-12-20(32)15-3-2-4-16(25)10-15/h2-11,13,20,32H,12H2,1H3,(H,29,30)(H2,27,28,33). The number of halogens is 1. The van der Waals surface area contributed by atoms with Gasteiger partial charge in [0, 0.05) is 35.3 Å². The van der Waals surface area contributed by atoms with E-state index in [9.17, 15) is 9.90 Å². The number of nitrogens with zero attached hydrogens (tertiary/aromatic N) is 3. The van der Waals surface area contributed by atoms with E-state index in [4.69, 9.17) is 4.98 Å². The molecular weight excluding hydrogens is 484 g/mol. The molecule has 0 amide bonds. The molecule has 0 saturated heterocycles. The van der Waals surface area contributed by atoms with Gasteiger partial charge in [0.05, 0.1) is 29.2 Å². The highest BCUT2D eigenvalue weighted by molar-refractivity contribution is 9.10. The summed E-state index contributed by atoms with van der Waals surface area (Å²) in [6.45, 7) is 2.22. The summed E-state index contributed by atoms with van der Waals surface area (Å²) in [7, 11) is 0. The van der Waals surface area contributed by atoms with Crippen LogP contribution in [-0.2, 0) is 0 Å². The lowest BCUT2D eigenvalue weighted by molar-refractivity contribution is 0.191. The van der Waals surface area contributed by atoms with Crippen LogP contribution in [0.5, 0.6) is 0 Å². The van der Waals surface area contributed by atoms with Gasteiger partial charge in [-0.1, -0.05) is 28.1 Å². The number of benzene rings is 2. The van der Waals surface area contributed by atoms with E-state index in [0.29, 0.717) is 17.1 Å². The molecule has 0 spiro atoms. The molecule has 4 N–H and O–H groups in total. The van der Waals surface area contributed by atoms with Gasteiger partial charge in [0.2, 0.25) is 0 Å². The van der Waals surface area contributed by atoms with Crippen molar-refractivity contribution in [3.05, 3.63) is 93.3 Å². The Morgan fingerprint density at radius 2 is 2.12 bits per heavy atom. The van der Waals surface area contributed by atoms with E-state index in [1.807, 2.05) is 54.1 Å². The summed E-state index contributed by atoms with van der Waals surface area (Å²) in [5.74, 6) is 0.456. The molecule has 0 radical (unpaired) electrons. The normalized spacial score (nSPS) is 12.2. The fraction of sp³-hybridized carbons (Fsp3) is 0.125. The molecule has 1 atom stereocenters. The Hall–Kier alpha value is -3.69. The summed E-state index contributed by atoms with van der Waals surface area (Å²) < 4.78 is 2.81. The van der Waals surface area contributed by atoms with Crippen LogP contribution in [0.3, 0.4) is 0 Å². The number of aliphatic hydroxyl groups excluding tert-OH is 1. The van der Waals surface area contributed by atoms with Gasteiger partial charge in [0.25, 0.3) is 5.56 Å². The molecule has 1 unspecified atom stereocenters. The molecule has 5 aromatic rings. The van der Waals surface area contributed by atoms with Crippen molar-refractivity contribution < 1.29 is 5.11 Å². The molecule has 0 aliphatic rings. The fourth-order valence-corrected chi connectivity index (χ4v) is 4.27. The second kappa shape index (κ2) is 8.68. The third kappa shape index (κ3) is 4.20. The van der Waals surface area contributed by atoms with E-state index >= 15 is 0 Å². The van der Waals surface area contributed by atoms with Crippen molar-refractivity contribution in [1.82, 2.24) is 24.5 Å². The van der Waals surface area contributed by atoms with E-state index in [2.05, 4.69) is 36.2 Å². The summed E-state index contributed by atoms with van der Waals surface area (Å²) >= 11 is 3.42. The number of hydrogen-bond donors (Lipinski definition) is 4. The second-order valence-electron chi connectivity index (χ2n) is 7.76. The zero-order chi connectivity index (χ0) is 22.9. The van der Waals surface area contributed by atoms with Crippen LogP contribution in [0.15, 0.2) is 76.6 Å². The molecule has 9 heteroatoms. The molecule has 2 aromatic carbocycles. The predicted molar refractivity (Wildman–Crippen MR) is 132 cm³/mol. The highest BCUT2D eigenvalue weighted by Gasteiger charge is 2.17. The van der Waals surface area contributed by atoms with Crippen molar-refractivity contribution in [3.8, 4) is 17.1 Å². The zero-order valence-electron chi connectivity index (χ0n) is 17.7. The highest BCUT2D eigenvalue weighted by Crippen LogP contribution is 2.28. The summed E-state index contributed by atoms with van der Waals surface area (Å²) in [5, 5.41) is 13.8.